The molecule has 0 saturated heterocycles. The maximum atomic E-state index is 13.1. The molecule has 1 aliphatic rings. The molecule has 4 heteroatoms. The summed E-state index contributed by atoms with van der Waals surface area (Å²) in [4.78, 5) is 25.7. The average Bonchev–Trinajstić information content (AvgIpc) is 2.68. The van der Waals surface area contributed by atoms with Crippen molar-refractivity contribution in [3.8, 4) is 11.5 Å². The molecule has 0 fully saturated rings. The summed E-state index contributed by atoms with van der Waals surface area (Å²) in [7, 11) is 0. The maximum Gasteiger partial charge on any atom is 0.235 e. The second-order valence-electron chi connectivity index (χ2n) is 6.60. The van der Waals surface area contributed by atoms with Gasteiger partial charge in [0, 0.05) is 22.7 Å². The summed E-state index contributed by atoms with van der Waals surface area (Å²) >= 11 is 0. The van der Waals surface area contributed by atoms with Gasteiger partial charge in [0.1, 0.15) is 23.2 Å². The van der Waals surface area contributed by atoms with Crippen LogP contribution in [0.1, 0.15) is 24.0 Å². The normalized spacial score (nSPS) is 13.7. The Morgan fingerprint density at radius 1 is 0.815 bits per heavy atom. The van der Waals surface area contributed by atoms with Crippen molar-refractivity contribution < 1.29 is 14.3 Å². The Morgan fingerprint density at radius 3 is 1.89 bits per heavy atom. The highest BCUT2D eigenvalue weighted by molar-refractivity contribution is 6.08. The summed E-state index contributed by atoms with van der Waals surface area (Å²) in [6.07, 6.45) is 0. The van der Waals surface area contributed by atoms with E-state index in [0.717, 1.165) is 11.1 Å². The van der Waals surface area contributed by atoms with Crippen molar-refractivity contribution in [2.75, 3.05) is 5.32 Å². The van der Waals surface area contributed by atoms with Crippen LogP contribution in [0.3, 0.4) is 0 Å². The number of fused-ring (bicyclic) bond motifs is 2. The quantitative estimate of drug-likeness (QED) is 0.685. The highest BCUT2D eigenvalue weighted by Gasteiger charge is 2.39. The molecule has 3 aromatic carbocycles. The number of para-hydroxylation sites is 3. The molecule has 1 aliphatic heterocycles. The fraction of sp³-hybridized carbons (Fsp3) is 0.130. The van der Waals surface area contributed by atoms with Crippen molar-refractivity contribution in [2.45, 2.75) is 12.8 Å². The van der Waals surface area contributed by atoms with Crippen molar-refractivity contribution in [1.82, 2.24) is 0 Å². The molecule has 0 bridgehead atoms. The fourth-order valence-corrected chi connectivity index (χ4v) is 3.62. The Balaban J connectivity index is 1.79. The molecule has 134 valence electrons. The molecule has 0 radical (unpaired) electrons. The number of ketones is 1. The van der Waals surface area contributed by atoms with E-state index < -0.39 is 11.8 Å². The van der Waals surface area contributed by atoms with Crippen LogP contribution >= 0.6 is 0 Å². The number of carbonyl (C=O) groups excluding carboxylic acids is 2. The second-order valence-corrected chi connectivity index (χ2v) is 6.60. The molecule has 1 amide bonds. The smallest absolute Gasteiger partial charge is 0.235 e. The molecular weight excluding hydrogens is 338 g/mol. The van der Waals surface area contributed by atoms with Crippen LogP contribution in [0.15, 0.2) is 78.9 Å². The van der Waals surface area contributed by atoms with Gasteiger partial charge in [-0.05, 0) is 31.2 Å². The lowest BCUT2D eigenvalue weighted by atomic mass is 9.76. The van der Waals surface area contributed by atoms with Crippen LogP contribution in [-0.2, 0) is 9.59 Å². The summed E-state index contributed by atoms with van der Waals surface area (Å²) in [5.74, 6) is -0.381. The fourth-order valence-electron chi connectivity index (χ4n) is 3.62. The van der Waals surface area contributed by atoms with E-state index >= 15 is 0 Å². The number of hydrogen-bond acceptors (Lipinski definition) is 3. The third-order valence-electron chi connectivity index (χ3n) is 4.82. The van der Waals surface area contributed by atoms with Crippen LogP contribution in [0.4, 0.5) is 5.69 Å². The zero-order valence-electron chi connectivity index (χ0n) is 14.9. The predicted molar refractivity (Wildman–Crippen MR) is 104 cm³/mol. The first-order valence-electron chi connectivity index (χ1n) is 8.87. The number of anilines is 1. The number of hydrogen-bond donors (Lipinski definition) is 1. The van der Waals surface area contributed by atoms with Crippen LogP contribution in [0.5, 0.6) is 11.5 Å². The number of ether oxygens (including phenoxy) is 1. The van der Waals surface area contributed by atoms with Gasteiger partial charge in [-0.15, -0.1) is 0 Å². The third-order valence-corrected chi connectivity index (χ3v) is 4.82. The Hall–Kier alpha value is -3.40. The van der Waals surface area contributed by atoms with Gasteiger partial charge in [-0.2, -0.15) is 0 Å². The van der Waals surface area contributed by atoms with E-state index in [1.54, 1.807) is 12.1 Å². The number of amides is 1. The molecule has 0 aromatic heterocycles. The van der Waals surface area contributed by atoms with E-state index in [2.05, 4.69) is 5.32 Å². The Morgan fingerprint density at radius 2 is 1.33 bits per heavy atom. The van der Waals surface area contributed by atoms with E-state index in [9.17, 15) is 9.59 Å². The van der Waals surface area contributed by atoms with Crippen LogP contribution in [0.25, 0.3) is 0 Å². The average molecular weight is 357 g/mol. The lowest BCUT2D eigenvalue weighted by molar-refractivity contribution is -0.130. The van der Waals surface area contributed by atoms with Gasteiger partial charge >= 0.3 is 0 Å². The summed E-state index contributed by atoms with van der Waals surface area (Å²) < 4.78 is 5.99. The molecular formula is C23H19NO3. The Bertz CT molecular complexity index is 952. The standard InChI is InChI=1S/C23H19NO3/c1-15(25)21(23(26)24-16-9-3-2-4-10-16)22-17-11-5-7-13-19(17)27-20-14-8-6-12-18(20)22/h2-14,21-22H,1H3,(H,24,26)/t21-/m1/s1. The first-order chi connectivity index (χ1) is 13.1. The number of carbonyl (C=O) groups is 2. The minimum atomic E-state index is -0.851. The van der Waals surface area contributed by atoms with E-state index in [-0.39, 0.29) is 11.7 Å². The monoisotopic (exact) mass is 357 g/mol. The molecule has 0 aliphatic carbocycles. The number of rotatable bonds is 4. The Labute approximate surface area is 157 Å². The molecule has 0 saturated carbocycles. The van der Waals surface area contributed by atoms with Crippen molar-refractivity contribution in [3.63, 3.8) is 0 Å². The van der Waals surface area contributed by atoms with E-state index in [0.29, 0.717) is 17.2 Å². The van der Waals surface area contributed by atoms with Crippen molar-refractivity contribution in [3.05, 3.63) is 90.0 Å². The van der Waals surface area contributed by atoms with Gasteiger partial charge < -0.3 is 10.1 Å². The van der Waals surface area contributed by atoms with Gasteiger partial charge in [0.15, 0.2) is 0 Å². The van der Waals surface area contributed by atoms with E-state index in [4.69, 9.17) is 4.74 Å². The van der Waals surface area contributed by atoms with Gasteiger partial charge in [0.05, 0.1) is 0 Å². The lowest BCUT2D eigenvalue weighted by Gasteiger charge is -2.32. The van der Waals surface area contributed by atoms with Crippen molar-refractivity contribution >= 4 is 17.4 Å². The van der Waals surface area contributed by atoms with E-state index in [1.165, 1.54) is 6.92 Å². The number of nitrogens with one attached hydrogen (secondary N) is 1. The number of benzene rings is 3. The first kappa shape index (κ1) is 17.0. The highest BCUT2D eigenvalue weighted by atomic mass is 16.5. The zero-order chi connectivity index (χ0) is 18.8. The molecule has 0 unspecified atom stereocenters. The minimum Gasteiger partial charge on any atom is -0.457 e. The van der Waals surface area contributed by atoms with Crippen molar-refractivity contribution in [2.24, 2.45) is 5.92 Å². The predicted octanol–water partition coefficient (Wildman–Crippen LogP) is 4.77. The number of Topliss-reactive ketones (excluding diaryl/α,β-unsaturated/α-hetero) is 1. The van der Waals surface area contributed by atoms with Gasteiger partial charge in [0.2, 0.25) is 5.91 Å². The molecule has 1 N–H and O–H groups in total. The molecule has 27 heavy (non-hydrogen) atoms. The Kier molecular flexibility index (Phi) is 4.47. The molecule has 3 aromatic rings. The summed E-state index contributed by atoms with van der Waals surface area (Å²) in [6.45, 7) is 1.47. The van der Waals surface area contributed by atoms with Crippen molar-refractivity contribution in [1.29, 1.82) is 0 Å². The van der Waals surface area contributed by atoms with E-state index in [1.807, 2.05) is 66.7 Å². The van der Waals surface area contributed by atoms with Gasteiger partial charge in [0.25, 0.3) is 0 Å². The highest BCUT2D eigenvalue weighted by Crippen LogP contribution is 2.47. The van der Waals surface area contributed by atoms with Gasteiger partial charge in [-0.1, -0.05) is 54.6 Å². The molecule has 1 heterocycles. The molecule has 0 spiro atoms. The van der Waals surface area contributed by atoms with Crippen LogP contribution in [-0.4, -0.2) is 11.7 Å². The maximum absolute atomic E-state index is 13.1. The topological polar surface area (TPSA) is 55.4 Å². The second kappa shape index (κ2) is 7.08. The third kappa shape index (κ3) is 3.22. The molecule has 4 rings (SSSR count). The van der Waals surface area contributed by atoms with Crippen LogP contribution in [0.2, 0.25) is 0 Å². The SMILES string of the molecule is CC(=O)[C@@H](C(=O)Nc1ccccc1)C1c2ccccc2Oc2ccccc21. The first-order valence-corrected chi connectivity index (χ1v) is 8.87. The summed E-state index contributed by atoms with van der Waals surface area (Å²) in [5.41, 5.74) is 2.36. The zero-order valence-corrected chi connectivity index (χ0v) is 14.9. The summed E-state index contributed by atoms with van der Waals surface area (Å²) in [5, 5.41) is 2.88. The largest absolute Gasteiger partial charge is 0.457 e. The van der Waals surface area contributed by atoms with Crippen LogP contribution < -0.4 is 10.1 Å². The van der Waals surface area contributed by atoms with Crippen LogP contribution in [0, 0.1) is 5.92 Å². The molecule has 4 nitrogen and oxygen atoms in total. The summed E-state index contributed by atoms with van der Waals surface area (Å²) in [6, 6.07) is 24.3. The minimum absolute atomic E-state index is 0.181. The lowest BCUT2D eigenvalue weighted by Crippen LogP contribution is -2.35. The van der Waals surface area contributed by atoms with Gasteiger partial charge in [-0.3, -0.25) is 9.59 Å². The van der Waals surface area contributed by atoms with Gasteiger partial charge in [-0.25, -0.2) is 0 Å². The molecule has 1 atom stereocenters.